The molecule has 0 N–H and O–H groups in total. The molecule has 0 spiro atoms. The van der Waals surface area contributed by atoms with Gasteiger partial charge in [0.2, 0.25) is 0 Å². The monoisotopic (exact) mass is 498 g/mol. The molecule has 0 bridgehead atoms. The van der Waals surface area contributed by atoms with Crippen molar-refractivity contribution >= 4 is 17.1 Å². The number of allylic oxidation sites excluding steroid dienone is 7. The Kier molecular flexibility index (Phi) is 9.37. The van der Waals surface area contributed by atoms with Gasteiger partial charge in [-0.3, -0.25) is 4.99 Å². The first-order valence-electron chi connectivity index (χ1n) is 14.4. The minimum Gasteiger partial charge on any atom is -0.307 e. The maximum atomic E-state index is 5.37. The van der Waals surface area contributed by atoms with Gasteiger partial charge < -0.3 is 9.30 Å². The van der Waals surface area contributed by atoms with Gasteiger partial charge in [0.15, 0.2) is 0 Å². The molecule has 1 aliphatic heterocycles. The van der Waals surface area contributed by atoms with Crippen molar-refractivity contribution in [1.29, 1.82) is 0 Å². The molecule has 1 saturated carbocycles. The van der Waals surface area contributed by atoms with Crippen LogP contribution in [0.1, 0.15) is 84.4 Å². The Balaban J connectivity index is 1.69. The van der Waals surface area contributed by atoms with Gasteiger partial charge in [0.25, 0.3) is 0 Å². The van der Waals surface area contributed by atoms with Crippen molar-refractivity contribution in [3.8, 4) is 0 Å². The summed E-state index contributed by atoms with van der Waals surface area (Å²) in [6.07, 6.45) is 20.8. The molecule has 2 aromatic rings. The van der Waals surface area contributed by atoms with Crippen LogP contribution in [0, 0.1) is 18.8 Å². The summed E-state index contributed by atoms with van der Waals surface area (Å²) in [5, 5.41) is 0. The lowest BCUT2D eigenvalue weighted by molar-refractivity contribution is 0.209. The summed E-state index contributed by atoms with van der Waals surface area (Å²) in [7, 11) is 0. The first-order chi connectivity index (χ1) is 17.9. The number of pyridine rings is 1. The van der Waals surface area contributed by atoms with E-state index in [1.165, 1.54) is 56.3 Å². The van der Waals surface area contributed by atoms with Crippen molar-refractivity contribution < 1.29 is 0 Å². The molecule has 2 fully saturated rings. The Bertz CT molecular complexity index is 1220. The molecule has 1 unspecified atom stereocenters. The zero-order valence-corrected chi connectivity index (χ0v) is 23.9. The number of piperidine rings is 1. The van der Waals surface area contributed by atoms with Crippen LogP contribution in [-0.4, -0.2) is 39.6 Å². The number of aromatic nitrogens is 2. The van der Waals surface area contributed by atoms with Gasteiger partial charge in [0.1, 0.15) is 5.65 Å². The standard InChI is InChI=1S/C33H46N4/c1-7-24(4)31(14-13-27(8-2)29-15-18-36(9-3)19-16-29)35-32(21-25(5)28-11-10-12-28)30-17-20-37-23-26(6)34-33(37)22-30/h8,13-14,17,20-24,29H,7,9-12,15-16,18-19H2,1-6H3/b14-13-,27-8+,32-21-,35-31-. The number of imidazole rings is 1. The summed E-state index contributed by atoms with van der Waals surface area (Å²) in [5.41, 5.74) is 9.73. The van der Waals surface area contributed by atoms with Crippen LogP contribution < -0.4 is 0 Å². The molecular formula is C33H46N4. The first-order valence-corrected chi connectivity index (χ1v) is 14.4. The molecule has 1 atom stereocenters. The van der Waals surface area contributed by atoms with E-state index in [1.54, 1.807) is 5.57 Å². The summed E-state index contributed by atoms with van der Waals surface area (Å²) in [4.78, 5) is 12.6. The number of aliphatic imine (C=N–C) groups is 1. The van der Waals surface area contributed by atoms with Crippen LogP contribution in [0.4, 0.5) is 0 Å². The Labute approximate surface area is 224 Å². The first kappa shape index (κ1) is 27.3. The fraction of sp³-hybridized carbons (Fsp3) is 0.515. The highest BCUT2D eigenvalue weighted by Crippen LogP contribution is 2.31. The number of aryl methyl sites for hydroxylation is 1. The molecule has 4 nitrogen and oxygen atoms in total. The average Bonchev–Trinajstić information content (AvgIpc) is 3.25. The van der Waals surface area contributed by atoms with Crippen LogP contribution in [0.2, 0.25) is 0 Å². The predicted molar refractivity (Wildman–Crippen MR) is 159 cm³/mol. The molecule has 0 amide bonds. The third-order valence-corrected chi connectivity index (χ3v) is 8.40. The Morgan fingerprint density at radius 2 is 1.95 bits per heavy atom. The number of rotatable bonds is 9. The molecule has 4 heteroatoms. The summed E-state index contributed by atoms with van der Waals surface area (Å²) in [6, 6.07) is 4.36. The Hall–Kier alpha value is -2.72. The maximum Gasteiger partial charge on any atom is 0.137 e. The summed E-state index contributed by atoms with van der Waals surface area (Å²) < 4.78 is 2.09. The fourth-order valence-electron chi connectivity index (χ4n) is 5.40. The second kappa shape index (κ2) is 12.7. The third kappa shape index (κ3) is 6.78. The summed E-state index contributed by atoms with van der Waals surface area (Å²) >= 11 is 0. The molecule has 2 aliphatic rings. The topological polar surface area (TPSA) is 32.9 Å². The van der Waals surface area contributed by atoms with Crippen LogP contribution in [-0.2, 0) is 0 Å². The van der Waals surface area contributed by atoms with Gasteiger partial charge in [-0.25, -0.2) is 4.98 Å². The van der Waals surface area contributed by atoms with Gasteiger partial charge in [-0.15, -0.1) is 0 Å². The Morgan fingerprint density at radius 1 is 1.19 bits per heavy atom. The average molecular weight is 499 g/mol. The SMILES string of the molecule is C\C=C(/C=C\C(=N\C(=C/C(C)=C1CCC1)c1ccn2cc(C)nc2c1)C(C)CC)C1CCN(CC)CC1. The van der Waals surface area contributed by atoms with E-state index < -0.39 is 0 Å². The van der Waals surface area contributed by atoms with Crippen molar-refractivity contribution in [1.82, 2.24) is 14.3 Å². The van der Waals surface area contributed by atoms with E-state index >= 15 is 0 Å². The second-order valence-corrected chi connectivity index (χ2v) is 10.9. The lowest BCUT2D eigenvalue weighted by Gasteiger charge is -2.31. The van der Waals surface area contributed by atoms with Crippen LogP contribution in [0.25, 0.3) is 11.3 Å². The predicted octanol–water partition coefficient (Wildman–Crippen LogP) is 8.21. The number of nitrogens with zero attached hydrogens (tertiary/aromatic N) is 4. The number of likely N-dealkylation sites (tertiary alicyclic amines) is 1. The van der Waals surface area contributed by atoms with Gasteiger partial charge in [-0.1, -0.05) is 38.5 Å². The van der Waals surface area contributed by atoms with E-state index in [0.29, 0.717) is 11.8 Å². The van der Waals surface area contributed by atoms with E-state index in [9.17, 15) is 0 Å². The molecule has 1 aliphatic carbocycles. The zero-order valence-electron chi connectivity index (χ0n) is 23.9. The van der Waals surface area contributed by atoms with Crippen LogP contribution in [0.5, 0.6) is 0 Å². The van der Waals surface area contributed by atoms with Crippen molar-refractivity contribution in [3.63, 3.8) is 0 Å². The molecule has 2 aromatic heterocycles. The summed E-state index contributed by atoms with van der Waals surface area (Å²) in [5.74, 6) is 1.03. The normalized spacial score (nSPS) is 19.6. The second-order valence-electron chi connectivity index (χ2n) is 10.9. The van der Waals surface area contributed by atoms with Gasteiger partial charge in [-0.2, -0.15) is 0 Å². The highest BCUT2D eigenvalue weighted by atomic mass is 15.1. The molecule has 4 rings (SSSR count). The molecule has 0 aromatic carbocycles. The summed E-state index contributed by atoms with van der Waals surface area (Å²) in [6.45, 7) is 16.9. The fourth-order valence-corrected chi connectivity index (χ4v) is 5.40. The van der Waals surface area contributed by atoms with E-state index in [-0.39, 0.29) is 0 Å². The number of hydrogen-bond donors (Lipinski definition) is 0. The van der Waals surface area contributed by atoms with Crippen molar-refractivity contribution in [3.05, 3.63) is 76.8 Å². The number of fused-ring (bicyclic) bond motifs is 1. The van der Waals surface area contributed by atoms with Gasteiger partial charge in [-0.05, 0) is 126 Å². The number of hydrogen-bond acceptors (Lipinski definition) is 3. The minimum absolute atomic E-state index is 0.383. The van der Waals surface area contributed by atoms with Gasteiger partial charge >= 0.3 is 0 Å². The third-order valence-electron chi connectivity index (χ3n) is 8.40. The smallest absolute Gasteiger partial charge is 0.137 e. The molecule has 198 valence electrons. The zero-order chi connectivity index (χ0) is 26.4. The highest BCUT2D eigenvalue weighted by Gasteiger charge is 2.20. The van der Waals surface area contributed by atoms with Gasteiger partial charge in [0.05, 0.1) is 11.4 Å². The molecule has 1 saturated heterocycles. The van der Waals surface area contributed by atoms with E-state index in [1.807, 2.05) is 6.92 Å². The van der Waals surface area contributed by atoms with Gasteiger partial charge in [0, 0.05) is 23.7 Å². The van der Waals surface area contributed by atoms with Crippen LogP contribution >= 0.6 is 0 Å². The van der Waals surface area contributed by atoms with Crippen molar-refractivity contribution in [2.45, 2.75) is 80.1 Å². The molecule has 3 heterocycles. The minimum atomic E-state index is 0.383. The lowest BCUT2D eigenvalue weighted by atomic mass is 9.87. The van der Waals surface area contributed by atoms with E-state index in [2.05, 4.69) is 92.7 Å². The maximum absolute atomic E-state index is 5.37. The van der Waals surface area contributed by atoms with E-state index in [4.69, 9.17) is 9.98 Å². The Morgan fingerprint density at radius 3 is 2.57 bits per heavy atom. The van der Waals surface area contributed by atoms with Crippen molar-refractivity contribution in [2.75, 3.05) is 19.6 Å². The van der Waals surface area contributed by atoms with E-state index in [0.717, 1.165) is 41.3 Å². The van der Waals surface area contributed by atoms with Crippen LogP contribution in [0.3, 0.4) is 0 Å². The van der Waals surface area contributed by atoms with Crippen molar-refractivity contribution in [2.24, 2.45) is 16.8 Å². The lowest BCUT2D eigenvalue weighted by Crippen LogP contribution is -2.33. The molecular weight excluding hydrogens is 452 g/mol. The van der Waals surface area contributed by atoms with Crippen LogP contribution in [0.15, 0.2) is 70.5 Å². The largest absolute Gasteiger partial charge is 0.307 e. The molecule has 37 heavy (non-hydrogen) atoms. The molecule has 0 radical (unpaired) electrons. The quantitative estimate of drug-likeness (QED) is 0.258. The highest BCUT2D eigenvalue weighted by molar-refractivity contribution is 6.00.